The van der Waals surface area contributed by atoms with E-state index in [4.69, 9.17) is 4.74 Å². The molecule has 3 atom stereocenters. The van der Waals surface area contributed by atoms with Gasteiger partial charge in [0.2, 0.25) is 5.91 Å². The number of aromatic nitrogens is 3. The Hall–Kier alpha value is -2.41. The van der Waals surface area contributed by atoms with Gasteiger partial charge < -0.3 is 19.9 Å². The average Bonchev–Trinajstić information content (AvgIpc) is 3.16. The Labute approximate surface area is 159 Å². The summed E-state index contributed by atoms with van der Waals surface area (Å²) in [6.45, 7) is 8.05. The fourth-order valence-corrected chi connectivity index (χ4v) is 4.37. The number of amides is 1. The van der Waals surface area contributed by atoms with Gasteiger partial charge in [0, 0.05) is 38.0 Å². The first-order valence-corrected chi connectivity index (χ1v) is 9.78. The molecule has 27 heavy (non-hydrogen) atoms. The fourth-order valence-electron chi connectivity index (χ4n) is 4.37. The van der Waals surface area contributed by atoms with Gasteiger partial charge in [-0.25, -0.2) is 9.97 Å². The first kappa shape index (κ1) is 18.0. The van der Waals surface area contributed by atoms with Crippen molar-refractivity contribution in [2.75, 3.05) is 25.1 Å². The lowest BCUT2D eigenvalue weighted by Crippen LogP contribution is -2.39. The molecule has 2 fully saturated rings. The van der Waals surface area contributed by atoms with Crippen molar-refractivity contribution in [3.8, 4) is 0 Å². The SMILES string of the molecule is C=CC(=O)N1CC[C@@H](Nc2ncnc3[nH]cc(C4CCCOCC4)c23)[C@H]1C. The topological polar surface area (TPSA) is 83.1 Å². The number of nitrogens with one attached hydrogen (secondary N) is 2. The third-order valence-electron chi connectivity index (χ3n) is 5.93. The summed E-state index contributed by atoms with van der Waals surface area (Å²) in [5.41, 5.74) is 2.13. The Morgan fingerprint density at radius 3 is 3.11 bits per heavy atom. The highest BCUT2D eigenvalue weighted by Crippen LogP contribution is 2.35. The van der Waals surface area contributed by atoms with Crippen molar-refractivity contribution in [2.45, 2.75) is 50.6 Å². The monoisotopic (exact) mass is 369 g/mol. The Kier molecular flexibility index (Phi) is 5.11. The van der Waals surface area contributed by atoms with Gasteiger partial charge in [-0.05, 0) is 50.2 Å². The highest BCUT2D eigenvalue weighted by Gasteiger charge is 2.33. The van der Waals surface area contributed by atoms with Crippen LogP contribution < -0.4 is 5.32 Å². The number of anilines is 1. The first-order chi connectivity index (χ1) is 13.2. The number of nitrogens with zero attached hydrogens (tertiary/aromatic N) is 3. The van der Waals surface area contributed by atoms with Crippen molar-refractivity contribution in [1.29, 1.82) is 0 Å². The smallest absolute Gasteiger partial charge is 0.246 e. The van der Waals surface area contributed by atoms with E-state index in [0.717, 1.165) is 62.3 Å². The predicted octanol–water partition coefficient (Wildman–Crippen LogP) is 2.83. The molecular formula is C20H27N5O2. The zero-order chi connectivity index (χ0) is 18.8. The summed E-state index contributed by atoms with van der Waals surface area (Å²) >= 11 is 0. The molecule has 0 saturated carbocycles. The van der Waals surface area contributed by atoms with E-state index in [1.54, 1.807) is 6.33 Å². The van der Waals surface area contributed by atoms with E-state index in [1.807, 2.05) is 4.90 Å². The van der Waals surface area contributed by atoms with Gasteiger partial charge in [0.05, 0.1) is 5.39 Å². The minimum Gasteiger partial charge on any atom is -0.381 e. The molecule has 0 spiro atoms. The van der Waals surface area contributed by atoms with Crippen LogP contribution in [0.4, 0.5) is 5.82 Å². The van der Waals surface area contributed by atoms with Gasteiger partial charge in [0.1, 0.15) is 17.8 Å². The molecular weight excluding hydrogens is 342 g/mol. The number of rotatable bonds is 4. The maximum absolute atomic E-state index is 12.0. The molecule has 7 nitrogen and oxygen atoms in total. The van der Waals surface area contributed by atoms with Crippen LogP contribution in [-0.4, -0.2) is 57.6 Å². The van der Waals surface area contributed by atoms with E-state index >= 15 is 0 Å². The zero-order valence-corrected chi connectivity index (χ0v) is 15.8. The Bertz CT molecular complexity index is 825. The van der Waals surface area contributed by atoms with Gasteiger partial charge in [0.15, 0.2) is 0 Å². The van der Waals surface area contributed by atoms with Gasteiger partial charge >= 0.3 is 0 Å². The second-order valence-corrected chi connectivity index (χ2v) is 7.45. The number of likely N-dealkylation sites (tertiary alicyclic amines) is 1. The molecule has 7 heteroatoms. The Balaban J connectivity index is 1.61. The maximum Gasteiger partial charge on any atom is 0.246 e. The minimum absolute atomic E-state index is 0.0135. The molecule has 0 bridgehead atoms. The molecule has 2 N–H and O–H groups in total. The third-order valence-corrected chi connectivity index (χ3v) is 5.93. The average molecular weight is 369 g/mol. The molecule has 1 amide bonds. The Morgan fingerprint density at radius 2 is 2.26 bits per heavy atom. The van der Waals surface area contributed by atoms with Crippen LogP contribution >= 0.6 is 0 Å². The van der Waals surface area contributed by atoms with E-state index in [1.165, 1.54) is 11.6 Å². The Morgan fingerprint density at radius 1 is 1.37 bits per heavy atom. The largest absolute Gasteiger partial charge is 0.381 e. The number of carbonyl (C=O) groups excluding carboxylic acids is 1. The standard InChI is InChI=1S/C20H27N5O2/c1-3-17(26)25-8-6-16(13(25)2)24-20-18-15(11-21-19(18)22-12-23-20)14-5-4-9-27-10-7-14/h3,11-14,16H,1,4-10H2,2H3,(H2,21,22,23,24)/t13-,14?,16-/m1/s1. The number of carbonyl (C=O) groups is 1. The molecule has 2 saturated heterocycles. The lowest BCUT2D eigenvalue weighted by atomic mass is 9.92. The van der Waals surface area contributed by atoms with Crippen molar-refractivity contribution in [3.63, 3.8) is 0 Å². The van der Waals surface area contributed by atoms with Crippen LogP contribution in [0.15, 0.2) is 25.2 Å². The van der Waals surface area contributed by atoms with Gasteiger partial charge in [-0.1, -0.05) is 6.58 Å². The number of H-pyrrole nitrogens is 1. The second-order valence-electron chi connectivity index (χ2n) is 7.45. The van der Waals surface area contributed by atoms with Crippen LogP contribution in [0.25, 0.3) is 11.0 Å². The molecule has 2 aliphatic heterocycles. The van der Waals surface area contributed by atoms with Crippen molar-refractivity contribution in [2.24, 2.45) is 0 Å². The number of fused-ring (bicyclic) bond motifs is 1. The number of ether oxygens (including phenoxy) is 1. The number of hydrogen-bond donors (Lipinski definition) is 2. The molecule has 1 unspecified atom stereocenters. The normalized spacial score (nSPS) is 26.1. The molecule has 4 heterocycles. The second kappa shape index (κ2) is 7.68. The molecule has 0 radical (unpaired) electrons. The highest BCUT2D eigenvalue weighted by molar-refractivity contribution is 5.91. The summed E-state index contributed by atoms with van der Waals surface area (Å²) in [6.07, 6.45) is 9.15. The first-order valence-electron chi connectivity index (χ1n) is 9.78. The van der Waals surface area contributed by atoms with Gasteiger partial charge in [-0.2, -0.15) is 0 Å². The van der Waals surface area contributed by atoms with Crippen LogP contribution in [0.2, 0.25) is 0 Å². The van der Waals surface area contributed by atoms with E-state index in [-0.39, 0.29) is 18.0 Å². The van der Waals surface area contributed by atoms with Gasteiger partial charge in [-0.15, -0.1) is 0 Å². The van der Waals surface area contributed by atoms with E-state index in [2.05, 4.69) is 40.0 Å². The van der Waals surface area contributed by atoms with E-state index < -0.39 is 0 Å². The number of aromatic amines is 1. The maximum atomic E-state index is 12.0. The van der Waals surface area contributed by atoms with Crippen LogP contribution in [0.3, 0.4) is 0 Å². The molecule has 2 aromatic rings. The van der Waals surface area contributed by atoms with Crippen LogP contribution in [0.5, 0.6) is 0 Å². The highest BCUT2D eigenvalue weighted by atomic mass is 16.5. The van der Waals surface area contributed by atoms with Crippen LogP contribution in [0, 0.1) is 0 Å². The van der Waals surface area contributed by atoms with Crippen LogP contribution in [-0.2, 0) is 9.53 Å². The van der Waals surface area contributed by atoms with Crippen LogP contribution in [0.1, 0.15) is 44.1 Å². The van der Waals surface area contributed by atoms with Crippen molar-refractivity contribution < 1.29 is 9.53 Å². The lowest BCUT2D eigenvalue weighted by Gasteiger charge is -2.25. The summed E-state index contributed by atoms with van der Waals surface area (Å²) in [5.74, 6) is 1.29. The van der Waals surface area contributed by atoms with Gasteiger partial charge in [0.25, 0.3) is 0 Å². The summed E-state index contributed by atoms with van der Waals surface area (Å²) in [5, 5.41) is 4.67. The predicted molar refractivity (Wildman–Crippen MR) is 105 cm³/mol. The third kappa shape index (κ3) is 3.43. The zero-order valence-electron chi connectivity index (χ0n) is 15.8. The summed E-state index contributed by atoms with van der Waals surface area (Å²) in [7, 11) is 0. The summed E-state index contributed by atoms with van der Waals surface area (Å²) in [6, 6.07) is 0.251. The lowest BCUT2D eigenvalue weighted by molar-refractivity contribution is -0.126. The summed E-state index contributed by atoms with van der Waals surface area (Å²) in [4.78, 5) is 26.2. The quantitative estimate of drug-likeness (QED) is 0.810. The molecule has 0 aliphatic carbocycles. The van der Waals surface area contributed by atoms with Crippen molar-refractivity contribution in [1.82, 2.24) is 19.9 Å². The fraction of sp³-hybridized carbons (Fsp3) is 0.550. The molecule has 4 rings (SSSR count). The van der Waals surface area contributed by atoms with Crippen molar-refractivity contribution >= 4 is 22.8 Å². The van der Waals surface area contributed by atoms with Crippen molar-refractivity contribution in [3.05, 3.63) is 30.7 Å². The minimum atomic E-state index is -0.0135. The molecule has 0 aromatic carbocycles. The number of hydrogen-bond acceptors (Lipinski definition) is 5. The molecule has 2 aromatic heterocycles. The molecule has 2 aliphatic rings. The molecule has 144 valence electrons. The van der Waals surface area contributed by atoms with Gasteiger partial charge in [-0.3, -0.25) is 4.79 Å². The summed E-state index contributed by atoms with van der Waals surface area (Å²) < 4.78 is 5.63. The van der Waals surface area contributed by atoms with E-state index in [0.29, 0.717) is 5.92 Å². The van der Waals surface area contributed by atoms with E-state index in [9.17, 15) is 4.79 Å².